The van der Waals surface area contributed by atoms with Crippen LogP contribution in [-0.4, -0.2) is 85.5 Å². The molecule has 10 nitrogen and oxygen atoms in total. The minimum absolute atomic E-state index is 0.190. The molecule has 0 bridgehead atoms. The molecule has 13 heteroatoms. The first-order valence-electron chi connectivity index (χ1n) is 17.1. The number of halogens is 1. The van der Waals surface area contributed by atoms with Gasteiger partial charge in [0.1, 0.15) is 21.0 Å². The number of carbonyl (C=O) groups is 4. The third kappa shape index (κ3) is 15.5. The number of esters is 2. The summed E-state index contributed by atoms with van der Waals surface area (Å²) in [6, 6.07) is 3.90. The number of rotatable bonds is 5. The van der Waals surface area contributed by atoms with Crippen molar-refractivity contribution in [3.05, 3.63) is 60.4 Å². The molecule has 2 aromatic rings. The fourth-order valence-corrected chi connectivity index (χ4v) is 7.75. The standard InChI is InChI=1S/C19H27NO4S.C12H21NO2.C7H7BrO2S/c1-13-12-15(16(25-13)17(21)23-5)7-6-14-8-10-20(11-9-14)18(22)24-19(2,3)4;1-5-10-6-8-13(9-7-10)11(14)15-12(2,3)4;1-4-3-5(8)6(11-4)7(9)10-2/h6-7,12,14H,8-11H2,1-5H3;5,10H,1,6-9H2,2-4H3;3H,1-2H3. The van der Waals surface area contributed by atoms with E-state index in [-0.39, 0.29) is 24.1 Å². The number of thiophene rings is 2. The first-order valence-corrected chi connectivity index (χ1v) is 19.5. The van der Waals surface area contributed by atoms with Crippen LogP contribution in [0.5, 0.6) is 0 Å². The molecule has 0 radical (unpaired) electrons. The second-order valence-corrected chi connectivity index (χ2v) is 17.7. The Balaban J connectivity index is 0.000000293. The first-order chi connectivity index (χ1) is 23.8. The lowest BCUT2D eigenvalue weighted by atomic mass is 9.96. The SMILES string of the molecule is C=CC1CCN(C(=O)OC(C)(C)C)CC1.COC(=O)c1sc(C)cc1Br.COC(=O)c1sc(C)cc1C=CC1CCN(C(=O)OC(C)(C)C)CC1. The van der Waals surface area contributed by atoms with Gasteiger partial charge in [-0.25, -0.2) is 19.2 Å². The molecular weight excluding hydrogens is 756 g/mol. The molecule has 284 valence electrons. The molecule has 4 heterocycles. The van der Waals surface area contributed by atoms with Crippen LogP contribution in [0.25, 0.3) is 6.08 Å². The summed E-state index contributed by atoms with van der Waals surface area (Å²) in [4.78, 5) is 53.6. The maximum atomic E-state index is 12.1. The van der Waals surface area contributed by atoms with Crippen LogP contribution in [-0.2, 0) is 18.9 Å². The molecule has 2 saturated heterocycles. The Morgan fingerprint density at radius 3 is 1.55 bits per heavy atom. The van der Waals surface area contributed by atoms with Crippen molar-refractivity contribution in [3.8, 4) is 0 Å². The minimum atomic E-state index is -0.463. The van der Waals surface area contributed by atoms with E-state index in [1.54, 1.807) is 9.80 Å². The van der Waals surface area contributed by atoms with Gasteiger partial charge in [0.2, 0.25) is 0 Å². The fourth-order valence-electron chi connectivity index (χ4n) is 5.11. The summed E-state index contributed by atoms with van der Waals surface area (Å²) in [7, 11) is 2.78. The summed E-state index contributed by atoms with van der Waals surface area (Å²) >= 11 is 6.14. The average molecular weight is 812 g/mol. The highest BCUT2D eigenvalue weighted by Crippen LogP contribution is 2.28. The highest BCUT2D eigenvalue weighted by Gasteiger charge is 2.27. The van der Waals surface area contributed by atoms with Gasteiger partial charge in [-0.15, -0.1) is 29.3 Å². The Morgan fingerprint density at radius 2 is 1.16 bits per heavy atom. The molecule has 0 N–H and O–H groups in total. The molecule has 2 amide bonds. The van der Waals surface area contributed by atoms with Gasteiger partial charge in [-0.3, -0.25) is 0 Å². The Hall–Kier alpha value is -3.16. The van der Waals surface area contributed by atoms with Crippen molar-refractivity contribution in [3.63, 3.8) is 0 Å². The number of hydrogen-bond acceptors (Lipinski definition) is 10. The number of piperidine rings is 2. The number of likely N-dealkylation sites (tertiary alicyclic amines) is 2. The number of allylic oxidation sites excluding steroid dienone is 2. The number of nitrogens with zero attached hydrogens (tertiary/aromatic N) is 2. The lowest BCUT2D eigenvalue weighted by Gasteiger charge is -2.32. The van der Waals surface area contributed by atoms with Gasteiger partial charge in [0, 0.05) is 40.4 Å². The zero-order valence-electron chi connectivity index (χ0n) is 31.8. The summed E-state index contributed by atoms with van der Waals surface area (Å²) in [5, 5.41) is 0. The van der Waals surface area contributed by atoms with Gasteiger partial charge in [-0.2, -0.15) is 0 Å². The summed E-state index contributed by atoms with van der Waals surface area (Å²) < 4.78 is 21.0. The molecule has 2 aromatic heterocycles. The molecule has 2 fully saturated rings. The van der Waals surface area contributed by atoms with E-state index in [1.807, 2.05) is 79.7 Å². The van der Waals surface area contributed by atoms with Crippen LogP contribution in [0.3, 0.4) is 0 Å². The summed E-state index contributed by atoms with van der Waals surface area (Å²) in [5.74, 6) is 0.376. The summed E-state index contributed by atoms with van der Waals surface area (Å²) in [6.45, 7) is 22.0. The molecule has 0 atom stereocenters. The van der Waals surface area contributed by atoms with E-state index in [4.69, 9.17) is 14.2 Å². The fraction of sp³-hybridized carbons (Fsp3) is 0.579. The maximum absolute atomic E-state index is 12.1. The van der Waals surface area contributed by atoms with E-state index in [0.29, 0.717) is 34.7 Å². The second-order valence-electron chi connectivity index (χ2n) is 14.4. The van der Waals surface area contributed by atoms with Crippen molar-refractivity contribution in [2.45, 2.75) is 92.3 Å². The molecule has 51 heavy (non-hydrogen) atoms. The number of carbonyl (C=O) groups excluding carboxylic acids is 4. The van der Waals surface area contributed by atoms with Crippen molar-refractivity contribution in [2.24, 2.45) is 11.8 Å². The van der Waals surface area contributed by atoms with Crippen LogP contribution in [0.1, 0.15) is 102 Å². The molecule has 0 saturated carbocycles. The van der Waals surface area contributed by atoms with Gasteiger partial charge in [-0.1, -0.05) is 18.2 Å². The van der Waals surface area contributed by atoms with Crippen molar-refractivity contribution in [1.29, 1.82) is 0 Å². The van der Waals surface area contributed by atoms with Crippen LogP contribution >= 0.6 is 38.6 Å². The predicted octanol–water partition coefficient (Wildman–Crippen LogP) is 9.93. The van der Waals surface area contributed by atoms with E-state index in [1.165, 1.54) is 36.9 Å². The lowest BCUT2D eigenvalue weighted by Crippen LogP contribution is -2.41. The molecule has 0 unspecified atom stereocenters. The van der Waals surface area contributed by atoms with Gasteiger partial charge >= 0.3 is 24.1 Å². The van der Waals surface area contributed by atoms with E-state index in [9.17, 15) is 19.2 Å². The van der Waals surface area contributed by atoms with Crippen molar-refractivity contribution >= 4 is 68.8 Å². The van der Waals surface area contributed by atoms with Crippen LogP contribution < -0.4 is 0 Å². The van der Waals surface area contributed by atoms with Crippen LogP contribution in [0, 0.1) is 25.7 Å². The monoisotopic (exact) mass is 810 g/mol. The Morgan fingerprint density at radius 1 is 0.745 bits per heavy atom. The maximum Gasteiger partial charge on any atom is 0.410 e. The highest BCUT2D eigenvalue weighted by atomic mass is 79.9. The molecule has 2 aliphatic heterocycles. The number of hydrogen-bond donors (Lipinski definition) is 0. The molecule has 2 aliphatic rings. The van der Waals surface area contributed by atoms with Crippen molar-refractivity contribution in [1.82, 2.24) is 9.80 Å². The minimum Gasteiger partial charge on any atom is -0.465 e. The number of amides is 2. The largest absolute Gasteiger partial charge is 0.465 e. The van der Waals surface area contributed by atoms with E-state index >= 15 is 0 Å². The Labute approximate surface area is 320 Å². The van der Waals surface area contributed by atoms with Gasteiger partial charge in [0.25, 0.3) is 0 Å². The van der Waals surface area contributed by atoms with E-state index in [2.05, 4.69) is 33.3 Å². The van der Waals surface area contributed by atoms with E-state index < -0.39 is 11.2 Å². The topological polar surface area (TPSA) is 112 Å². The van der Waals surface area contributed by atoms with Crippen molar-refractivity contribution in [2.75, 3.05) is 40.4 Å². The van der Waals surface area contributed by atoms with E-state index in [0.717, 1.165) is 58.6 Å². The predicted molar refractivity (Wildman–Crippen MR) is 209 cm³/mol. The molecule has 0 aliphatic carbocycles. The second kappa shape index (κ2) is 20.2. The zero-order valence-corrected chi connectivity index (χ0v) is 35.0. The van der Waals surface area contributed by atoms with Gasteiger partial charge in [0.05, 0.1) is 14.2 Å². The third-order valence-corrected chi connectivity index (χ3v) is 10.7. The quantitative estimate of drug-likeness (QED) is 0.167. The molecule has 4 rings (SSSR count). The van der Waals surface area contributed by atoms with Crippen LogP contribution in [0.4, 0.5) is 9.59 Å². The molecular formula is C38H55BrN2O8S2. The average Bonchev–Trinajstić information content (AvgIpc) is 3.62. The number of ether oxygens (including phenoxy) is 4. The molecule has 0 aromatic carbocycles. The van der Waals surface area contributed by atoms with Gasteiger partial charge < -0.3 is 28.7 Å². The number of aryl methyl sites for hydroxylation is 2. The molecule has 0 spiro atoms. The van der Waals surface area contributed by atoms with Gasteiger partial charge in [0.15, 0.2) is 0 Å². The smallest absolute Gasteiger partial charge is 0.410 e. The third-order valence-electron chi connectivity index (χ3n) is 7.70. The van der Waals surface area contributed by atoms with Crippen LogP contribution in [0.2, 0.25) is 0 Å². The summed E-state index contributed by atoms with van der Waals surface area (Å²) in [6.07, 6.45) is 9.49. The number of methoxy groups -OCH3 is 2. The Kier molecular flexibility index (Phi) is 17.4. The zero-order chi connectivity index (χ0) is 38.5. The van der Waals surface area contributed by atoms with Crippen molar-refractivity contribution < 1.29 is 38.1 Å². The normalized spacial score (nSPS) is 15.6. The lowest BCUT2D eigenvalue weighted by molar-refractivity contribution is 0.0187. The first kappa shape index (κ1) is 44.0. The van der Waals surface area contributed by atoms with Crippen LogP contribution in [0.15, 0.2) is 35.3 Å². The highest BCUT2D eigenvalue weighted by molar-refractivity contribution is 9.10. The van der Waals surface area contributed by atoms with Gasteiger partial charge in [-0.05, 0) is 127 Å². The Bertz CT molecular complexity index is 1500. The summed E-state index contributed by atoms with van der Waals surface area (Å²) in [5.41, 5.74) is 0.0466.